The highest BCUT2D eigenvalue weighted by molar-refractivity contribution is 5.98. The highest BCUT2D eigenvalue weighted by Gasteiger charge is 2.11. The third-order valence-corrected chi connectivity index (χ3v) is 4.04. The Morgan fingerprint density at radius 1 is 0.929 bits per heavy atom. The molecule has 0 aliphatic rings. The van der Waals surface area contributed by atoms with Crippen molar-refractivity contribution in [1.29, 1.82) is 0 Å². The van der Waals surface area contributed by atoms with E-state index in [9.17, 15) is 14.0 Å². The van der Waals surface area contributed by atoms with Crippen molar-refractivity contribution in [2.75, 3.05) is 6.54 Å². The maximum absolute atomic E-state index is 12.9. The van der Waals surface area contributed by atoms with Crippen LogP contribution in [0.1, 0.15) is 32.0 Å². The summed E-state index contributed by atoms with van der Waals surface area (Å²) in [6.07, 6.45) is 5.33. The molecule has 0 radical (unpaired) electrons. The van der Waals surface area contributed by atoms with Crippen molar-refractivity contribution in [2.45, 2.75) is 13.0 Å². The quantitative estimate of drug-likeness (QED) is 0.662. The van der Waals surface area contributed by atoms with E-state index in [1.807, 2.05) is 6.07 Å². The molecule has 142 valence electrons. The Bertz CT molecular complexity index is 946. The highest BCUT2D eigenvalue weighted by atomic mass is 19.1. The minimum absolute atomic E-state index is 0.160. The second-order valence-electron chi connectivity index (χ2n) is 6.11. The molecule has 0 fully saturated rings. The van der Waals surface area contributed by atoms with Gasteiger partial charge in [0, 0.05) is 37.2 Å². The number of nitrogens with one attached hydrogen (secondary N) is 2. The Balaban J connectivity index is 1.53. The van der Waals surface area contributed by atoms with Gasteiger partial charge in [0.05, 0.1) is 0 Å². The van der Waals surface area contributed by atoms with Gasteiger partial charge in [0.25, 0.3) is 11.8 Å². The Hall–Kier alpha value is -3.61. The van der Waals surface area contributed by atoms with Gasteiger partial charge in [-0.3, -0.25) is 19.6 Å². The molecule has 0 bridgehead atoms. The molecule has 7 heteroatoms. The number of pyridine rings is 2. The second kappa shape index (κ2) is 9.36. The number of carbonyl (C=O) groups is 2. The van der Waals surface area contributed by atoms with E-state index < -0.39 is 0 Å². The van der Waals surface area contributed by atoms with Crippen LogP contribution in [0.3, 0.4) is 0 Å². The van der Waals surface area contributed by atoms with Gasteiger partial charge >= 0.3 is 0 Å². The van der Waals surface area contributed by atoms with Crippen LogP contribution in [0.25, 0.3) is 0 Å². The van der Waals surface area contributed by atoms with E-state index in [1.54, 1.807) is 36.7 Å². The predicted octanol–water partition coefficient (Wildman–Crippen LogP) is 2.52. The zero-order chi connectivity index (χ0) is 19.8. The predicted molar refractivity (Wildman–Crippen MR) is 102 cm³/mol. The van der Waals surface area contributed by atoms with Crippen LogP contribution in [0.4, 0.5) is 4.39 Å². The zero-order valence-electron chi connectivity index (χ0n) is 15.1. The van der Waals surface area contributed by atoms with Crippen molar-refractivity contribution in [3.8, 4) is 0 Å². The molecule has 3 aromatic rings. The molecule has 0 spiro atoms. The van der Waals surface area contributed by atoms with Crippen molar-refractivity contribution < 1.29 is 14.0 Å². The molecule has 1 aromatic carbocycles. The van der Waals surface area contributed by atoms with Crippen molar-refractivity contribution in [2.24, 2.45) is 0 Å². The number of amides is 2. The number of nitrogens with zero attached hydrogens (tertiary/aromatic N) is 2. The number of halogens is 1. The van der Waals surface area contributed by atoms with Gasteiger partial charge < -0.3 is 10.6 Å². The van der Waals surface area contributed by atoms with Crippen LogP contribution < -0.4 is 10.6 Å². The van der Waals surface area contributed by atoms with Crippen LogP contribution >= 0.6 is 0 Å². The normalized spacial score (nSPS) is 10.3. The average molecular weight is 378 g/mol. The topological polar surface area (TPSA) is 84.0 Å². The summed E-state index contributed by atoms with van der Waals surface area (Å²) in [6.45, 7) is 0.720. The fraction of sp³-hybridized carbons (Fsp3) is 0.143. The molecule has 0 aliphatic carbocycles. The maximum atomic E-state index is 12.9. The fourth-order valence-electron chi connectivity index (χ4n) is 2.55. The molecule has 0 saturated heterocycles. The Morgan fingerprint density at radius 2 is 1.75 bits per heavy atom. The van der Waals surface area contributed by atoms with E-state index in [1.165, 1.54) is 24.4 Å². The third kappa shape index (κ3) is 5.44. The first-order valence-corrected chi connectivity index (χ1v) is 8.77. The standard InChI is InChI=1S/C21H19FN4O2/c22-18-5-3-15(4-6-18)7-10-25-21(28)19-12-17(8-11-24-19)20(27)26-14-16-2-1-9-23-13-16/h1-6,8-9,11-13H,7,10,14H2,(H,25,28)(H,26,27). The number of benzene rings is 1. The molecule has 0 saturated carbocycles. The molecule has 0 aliphatic heterocycles. The summed E-state index contributed by atoms with van der Waals surface area (Å²) in [4.78, 5) is 32.6. The zero-order valence-corrected chi connectivity index (χ0v) is 15.1. The van der Waals surface area contributed by atoms with E-state index in [4.69, 9.17) is 0 Å². The van der Waals surface area contributed by atoms with Crippen LogP contribution in [0.15, 0.2) is 67.1 Å². The van der Waals surface area contributed by atoms with Gasteiger partial charge in [-0.2, -0.15) is 0 Å². The van der Waals surface area contributed by atoms with Crippen molar-refractivity contribution in [1.82, 2.24) is 20.6 Å². The van der Waals surface area contributed by atoms with Crippen LogP contribution in [-0.2, 0) is 13.0 Å². The van der Waals surface area contributed by atoms with Gasteiger partial charge in [-0.05, 0) is 47.9 Å². The molecular weight excluding hydrogens is 359 g/mol. The molecule has 2 heterocycles. The highest BCUT2D eigenvalue weighted by Crippen LogP contribution is 2.05. The molecule has 0 unspecified atom stereocenters. The van der Waals surface area contributed by atoms with Gasteiger partial charge in [-0.1, -0.05) is 18.2 Å². The first-order chi connectivity index (χ1) is 13.6. The number of hydrogen-bond acceptors (Lipinski definition) is 4. The summed E-state index contributed by atoms with van der Waals surface area (Å²) in [7, 11) is 0. The number of hydrogen-bond donors (Lipinski definition) is 2. The van der Waals surface area contributed by atoms with E-state index in [-0.39, 0.29) is 23.3 Å². The SMILES string of the molecule is O=C(NCc1cccnc1)c1ccnc(C(=O)NCCc2ccc(F)cc2)c1. The van der Waals surface area contributed by atoms with Gasteiger partial charge in [-0.15, -0.1) is 0 Å². The van der Waals surface area contributed by atoms with E-state index in [0.29, 0.717) is 25.1 Å². The van der Waals surface area contributed by atoms with E-state index in [2.05, 4.69) is 20.6 Å². The monoisotopic (exact) mass is 378 g/mol. The lowest BCUT2D eigenvalue weighted by Gasteiger charge is -2.08. The first kappa shape index (κ1) is 19.2. The summed E-state index contributed by atoms with van der Waals surface area (Å²) in [6, 6.07) is 12.8. The van der Waals surface area contributed by atoms with Gasteiger partial charge in [0.2, 0.25) is 0 Å². The summed E-state index contributed by atoms with van der Waals surface area (Å²) >= 11 is 0. The minimum Gasteiger partial charge on any atom is -0.350 e. The molecular formula is C21H19FN4O2. The summed E-state index contributed by atoms with van der Waals surface area (Å²) in [5, 5.41) is 5.53. The Kier molecular flexibility index (Phi) is 6.41. The lowest BCUT2D eigenvalue weighted by molar-refractivity contribution is 0.0949. The average Bonchev–Trinajstić information content (AvgIpc) is 2.74. The fourth-order valence-corrected chi connectivity index (χ4v) is 2.55. The molecule has 0 atom stereocenters. The van der Waals surface area contributed by atoms with Gasteiger partial charge in [-0.25, -0.2) is 4.39 Å². The summed E-state index contributed by atoms with van der Waals surface area (Å²) in [5.74, 6) is -0.966. The molecule has 3 rings (SSSR count). The van der Waals surface area contributed by atoms with Crippen molar-refractivity contribution in [3.05, 3.63) is 95.3 Å². The van der Waals surface area contributed by atoms with Crippen LogP contribution in [-0.4, -0.2) is 28.3 Å². The third-order valence-electron chi connectivity index (χ3n) is 4.04. The largest absolute Gasteiger partial charge is 0.350 e. The van der Waals surface area contributed by atoms with Crippen LogP contribution in [0.2, 0.25) is 0 Å². The molecule has 6 nitrogen and oxygen atoms in total. The molecule has 2 amide bonds. The number of carbonyl (C=O) groups excluding carboxylic acids is 2. The number of rotatable bonds is 7. The van der Waals surface area contributed by atoms with Crippen molar-refractivity contribution in [3.63, 3.8) is 0 Å². The maximum Gasteiger partial charge on any atom is 0.269 e. The molecule has 2 N–H and O–H groups in total. The minimum atomic E-state index is -0.371. The first-order valence-electron chi connectivity index (χ1n) is 8.77. The van der Waals surface area contributed by atoms with Crippen molar-refractivity contribution >= 4 is 11.8 Å². The second-order valence-corrected chi connectivity index (χ2v) is 6.11. The lowest BCUT2D eigenvalue weighted by atomic mass is 10.1. The molecule has 2 aromatic heterocycles. The molecule has 28 heavy (non-hydrogen) atoms. The van der Waals surface area contributed by atoms with Crippen LogP contribution in [0, 0.1) is 5.82 Å². The Morgan fingerprint density at radius 3 is 2.50 bits per heavy atom. The summed E-state index contributed by atoms with van der Waals surface area (Å²) < 4.78 is 12.9. The van der Waals surface area contributed by atoms with Gasteiger partial charge in [0.15, 0.2) is 0 Å². The smallest absolute Gasteiger partial charge is 0.269 e. The lowest BCUT2D eigenvalue weighted by Crippen LogP contribution is -2.28. The van der Waals surface area contributed by atoms with Gasteiger partial charge in [0.1, 0.15) is 11.5 Å². The van der Waals surface area contributed by atoms with E-state index in [0.717, 1.165) is 11.1 Å². The van der Waals surface area contributed by atoms with Crippen LogP contribution in [0.5, 0.6) is 0 Å². The Labute approximate surface area is 161 Å². The number of aromatic nitrogens is 2. The summed E-state index contributed by atoms with van der Waals surface area (Å²) in [5.41, 5.74) is 2.30. The van der Waals surface area contributed by atoms with E-state index >= 15 is 0 Å².